The molecule has 168 valence electrons. The number of fused-ring (bicyclic) bond motifs is 1. The molecule has 5 aliphatic rings. The lowest BCUT2D eigenvalue weighted by Gasteiger charge is -2.56. The summed E-state index contributed by atoms with van der Waals surface area (Å²) in [6.07, 6.45) is 9.01. The Labute approximate surface area is 190 Å². The number of rotatable bonds is 4. The van der Waals surface area contributed by atoms with E-state index in [4.69, 9.17) is 0 Å². The van der Waals surface area contributed by atoms with Crippen LogP contribution in [0.5, 0.6) is 0 Å². The van der Waals surface area contributed by atoms with Crippen LogP contribution in [0.1, 0.15) is 60.9 Å². The zero-order valence-corrected chi connectivity index (χ0v) is 19.1. The maximum Gasteiger partial charge on any atom is 0.264 e. The fourth-order valence-electron chi connectivity index (χ4n) is 7.23. The summed E-state index contributed by atoms with van der Waals surface area (Å²) < 4.78 is 28.2. The molecule has 6 heteroatoms. The van der Waals surface area contributed by atoms with E-state index in [0.29, 0.717) is 12.1 Å². The SMILES string of the molecule is O=C(NC12CC3CC(CC(C3)C1)C2)c1ccc(S(=O)(=O)N2CCCc3ccccc32)cc1. The number of anilines is 1. The van der Waals surface area contributed by atoms with E-state index in [9.17, 15) is 13.2 Å². The predicted molar refractivity (Wildman–Crippen MR) is 124 cm³/mol. The third kappa shape index (κ3) is 3.35. The summed E-state index contributed by atoms with van der Waals surface area (Å²) in [7, 11) is -3.66. The summed E-state index contributed by atoms with van der Waals surface area (Å²) in [4.78, 5) is 13.3. The first kappa shape index (κ1) is 20.3. The molecule has 0 radical (unpaired) electrons. The van der Waals surface area contributed by atoms with Crippen LogP contribution < -0.4 is 9.62 Å². The summed E-state index contributed by atoms with van der Waals surface area (Å²) in [6.45, 7) is 0.480. The maximum absolute atomic E-state index is 13.4. The molecule has 4 saturated carbocycles. The van der Waals surface area contributed by atoms with E-state index in [1.807, 2.05) is 24.3 Å². The Kier molecular flexibility index (Phi) is 4.65. The van der Waals surface area contributed by atoms with Gasteiger partial charge >= 0.3 is 0 Å². The van der Waals surface area contributed by atoms with Crippen molar-refractivity contribution in [2.45, 2.75) is 61.8 Å². The molecule has 0 spiro atoms. The molecule has 0 aromatic heterocycles. The molecule has 5 nitrogen and oxygen atoms in total. The van der Waals surface area contributed by atoms with Gasteiger partial charge in [-0.1, -0.05) is 18.2 Å². The van der Waals surface area contributed by atoms with Gasteiger partial charge in [-0.3, -0.25) is 9.10 Å². The number of benzene rings is 2. The summed E-state index contributed by atoms with van der Waals surface area (Å²) in [6, 6.07) is 14.2. The second-order valence-electron chi connectivity index (χ2n) is 10.5. The number of carbonyl (C=O) groups excluding carboxylic acids is 1. The zero-order chi connectivity index (χ0) is 21.9. The van der Waals surface area contributed by atoms with Crippen LogP contribution in [-0.2, 0) is 16.4 Å². The first-order valence-corrected chi connectivity index (χ1v) is 13.4. The molecule has 0 atom stereocenters. The number of nitrogens with one attached hydrogen (secondary N) is 1. The highest BCUT2D eigenvalue weighted by Crippen LogP contribution is 2.55. The molecule has 4 fully saturated rings. The van der Waals surface area contributed by atoms with Crippen molar-refractivity contribution in [2.24, 2.45) is 17.8 Å². The monoisotopic (exact) mass is 450 g/mol. The molecule has 4 aliphatic carbocycles. The first-order chi connectivity index (χ1) is 15.4. The van der Waals surface area contributed by atoms with Gasteiger partial charge in [0.25, 0.3) is 15.9 Å². The molecular weight excluding hydrogens is 420 g/mol. The topological polar surface area (TPSA) is 66.5 Å². The predicted octanol–water partition coefficient (Wildman–Crippen LogP) is 4.53. The normalized spacial score (nSPS) is 30.8. The Morgan fingerprint density at radius 2 is 1.53 bits per heavy atom. The molecule has 1 heterocycles. The number of para-hydroxylation sites is 1. The lowest BCUT2D eigenvalue weighted by atomic mass is 9.53. The largest absolute Gasteiger partial charge is 0.347 e. The van der Waals surface area contributed by atoms with E-state index in [-0.39, 0.29) is 16.3 Å². The average Bonchev–Trinajstić information content (AvgIpc) is 2.77. The van der Waals surface area contributed by atoms with Gasteiger partial charge < -0.3 is 5.32 Å². The number of aryl methyl sites for hydroxylation is 1. The summed E-state index contributed by atoms with van der Waals surface area (Å²) in [5.41, 5.74) is 2.32. The van der Waals surface area contributed by atoms with Gasteiger partial charge in [-0.05, 0) is 105 Å². The fourth-order valence-corrected chi connectivity index (χ4v) is 8.77. The van der Waals surface area contributed by atoms with Crippen LogP contribution in [0.25, 0.3) is 0 Å². The Morgan fingerprint density at radius 3 is 2.19 bits per heavy atom. The smallest absolute Gasteiger partial charge is 0.264 e. The van der Waals surface area contributed by atoms with Crippen LogP contribution in [0, 0.1) is 17.8 Å². The van der Waals surface area contributed by atoms with Gasteiger partial charge in [0.1, 0.15) is 0 Å². The van der Waals surface area contributed by atoms with Crippen molar-refractivity contribution in [3.63, 3.8) is 0 Å². The molecule has 2 aromatic carbocycles. The molecule has 2 aromatic rings. The van der Waals surface area contributed by atoms with Crippen molar-refractivity contribution in [1.29, 1.82) is 0 Å². The second-order valence-corrected chi connectivity index (χ2v) is 12.3. The number of nitrogens with zero attached hydrogens (tertiary/aromatic N) is 1. The van der Waals surface area contributed by atoms with Gasteiger partial charge in [0.05, 0.1) is 10.6 Å². The van der Waals surface area contributed by atoms with Crippen molar-refractivity contribution in [3.05, 3.63) is 59.7 Å². The minimum absolute atomic E-state index is 0.0475. The Bertz CT molecular complexity index is 1120. The first-order valence-electron chi connectivity index (χ1n) is 12.0. The zero-order valence-electron chi connectivity index (χ0n) is 18.3. The third-order valence-corrected chi connectivity index (χ3v) is 10.0. The average molecular weight is 451 g/mol. The Morgan fingerprint density at radius 1 is 0.906 bits per heavy atom. The number of amides is 1. The van der Waals surface area contributed by atoms with E-state index in [1.54, 1.807) is 24.3 Å². The highest BCUT2D eigenvalue weighted by atomic mass is 32.2. The van der Waals surface area contributed by atoms with Gasteiger partial charge in [0, 0.05) is 17.6 Å². The van der Waals surface area contributed by atoms with Crippen LogP contribution in [0.4, 0.5) is 5.69 Å². The highest BCUT2D eigenvalue weighted by Gasteiger charge is 2.51. The number of hydrogen-bond acceptors (Lipinski definition) is 3. The van der Waals surface area contributed by atoms with Crippen molar-refractivity contribution in [1.82, 2.24) is 5.32 Å². The number of sulfonamides is 1. The van der Waals surface area contributed by atoms with E-state index in [1.165, 1.54) is 23.6 Å². The van der Waals surface area contributed by atoms with Crippen LogP contribution in [0.3, 0.4) is 0 Å². The van der Waals surface area contributed by atoms with Gasteiger partial charge in [-0.2, -0.15) is 0 Å². The summed E-state index contributed by atoms with van der Waals surface area (Å²) >= 11 is 0. The molecule has 1 N–H and O–H groups in total. The van der Waals surface area contributed by atoms with Gasteiger partial charge in [0.15, 0.2) is 0 Å². The van der Waals surface area contributed by atoms with Crippen molar-refractivity contribution in [3.8, 4) is 0 Å². The Balaban J connectivity index is 1.21. The van der Waals surface area contributed by atoms with E-state index >= 15 is 0 Å². The molecule has 4 bridgehead atoms. The summed E-state index contributed by atoms with van der Waals surface area (Å²) in [5.74, 6) is 2.23. The minimum atomic E-state index is -3.66. The van der Waals surface area contributed by atoms with E-state index < -0.39 is 10.0 Å². The molecule has 0 unspecified atom stereocenters. The van der Waals surface area contributed by atoms with Crippen molar-refractivity contribution < 1.29 is 13.2 Å². The van der Waals surface area contributed by atoms with Crippen molar-refractivity contribution in [2.75, 3.05) is 10.8 Å². The molecule has 32 heavy (non-hydrogen) atoms. The maximum atomic E-state index is 13.4. The van der Waals surface area contributed by atoms with Gasteiger partial charge in [0.2, 0.25) is 0 Å². The van der Waals surface area contributed by atoms with Crippen LogP contribution in [-0.4, -0.2) is 26.4 Å². The highest BCUT2D eigenvalue weighted by molar-refractivity contribution is 7.92. The number of hydrogen-bond donors (Lipinski definition) is 1. The lowest BCUT2D eigenvalue weighted by molar-refractivity contribution is -0.0167. The molecule has 1 aliphatic heterocycles. The minimum Gasteiger partial charge on any atom is -0.347 e. The van der Waals surface area contributed by atoms with E-state index in [0.717, 1.165) is 61.1 Å². The van der Waals surface area contributed by atoms with Crippen LogP contribution in [0.15, 0.2) is 53.4 Å². The van der Waals surface area contributed by atoms with Crippen molar-refractivity contribution >= 4 is 21.6 Å². The molecular formula is C26H30N2O3S. The van der Waals surface area contributed by atoms with Crippen LogP contribution >= 0.6 is 0 Å². The quantitative estimate of drug-likeness (QED) is 0.744. The lowest BCUT2D eigenvalue weighted by Crippen LogP contribution is -2.59. The standard InChI is InChI=1S/C26H30N2O3S/c29-25(27-26-15-18-12-19(16-26)14-20(13-18)17-26)22-7-9-23(10-8-22)32(30,31)28-11-3-5-21-4-1-2-6-24(21)28/h1-2,4,6-10,18-20H,3,5,11-17H2,(H,27,29). The van der Waals surface area contributed by atoms with E-state index in [2.05, 4.69) is 5.32 Å². The van der Waals surface area contributed by atoms with Crippen LogP contribution in [0.2, 0.25) is 0 Å². The summed E-state index contributed by atoms with van der Waals surface area (Å²) in [5, 5.41) is 3.38. The Hall–Kier alpha value is -2.34. The molecule has 1 amide bonds. The fraction of sp³-hybridized carbons (Fsp3) is 0.500. The molecule has 0 saturated heterocycles. The van der Waals surface area contributed by atoms with Gasteiger partial charge in [-0.25, -0.2) is 8.42 Å². The van der Waals surface area contributed by atoms with Gasteiger partial charge in [-0.15, -0.1) is 0 Å². The third-order valence-electron chi connectivity index (χ3n) is 8.19. The molecule has 7 rings (SSSR count). The number of carbonyl (C=O) groups is 1. The second kappa shape index (κ2) is 7.34.